The van der Waals surface area contributed by atoms with Crippen LogP contribution in [0.3, 0.4) is 0 Å². The number of nitrogens with two attached hydrogens (primary N) is 1. The minimum absolute atomic E-state index is 0.109. The molecule has 0 radical (unpaired) electrons. The fourth-order valence-electron chi connectivity index (χ4n) is 1.86. The first kappa shape index (κ1) is 11.5. The smallest absolute Gasteiger partial charge is 0.274 e. The number of benzene rings is 1. The highest BCUT2D eigenvalue weighted by atomic mass is 16.1. The highest BCUT2D eigenvalue weighted by Crippen LogP contribution is 2.09. The van der Waals surface area contributed by atoms with Gasteiger partial charge >= 0.3 is 0 Å². The van der Waals surface area contributed by atoms with Crippen molar-refractivity contribution in [2.24, 2.45) is 5.73 Å². The molecule has 0 aliphatic carbocycles. The van der Waals surface area contributed by atoms with Crippen LogP contribution in [-0.2, 0) is 6.54 Å². The third kappa shape index (κ3) is 1.99. The molecule has 4 heteroatoms. The first-order valence-electron chi connectivity index (χ1n) is 5.50. The van der Waals surface area contributed by atoms with Crippen LogP contribution in [0.2, 0.25) is 0 Å². The lowest BCUT2D eigenvalue weighted by molar-refractivity contribution is 0.755. The third-order valence-electron chi connectivity index (χ3n) is 2.86. The van der Waals surface area contributed by atoms with Gasteiger partial charge in [-0.05, 0) is 31.5 Å². The molecule has 1 heterocycles. The van der Waals surface area contributed by atoms with Crippen LogP contribution in [0, 0.1) is 13.8 Å². The summed E-state index contributed by atoms with van der Waals surface area (Å²) < 4.78 is 1.42. The molecular formula is C13H15N3O. The highest BCUT2D eigenvalue weighted by Gasteiger charge is 2.10. The van der Waals surface area contributed by atoms with Crippen LogP contribution in [0.25, 0.3) is 5.69 Å². The summed E-state index contributed by atoms with van der Waals surface area (Å²) in [6, 6.07) is 9.38. The van der Waals surface area contributed by atoms with Crippen molar-refractivity contribution in [3.8, 4) is 5.69 Å². The molecule has 0 spiro atoms. The van der Waals surface area contributed by atoms with Crippen molar-refractivity contribution in [3.05, 3.63) is 57.5 Å². The summed E-state index contributed by atoms with van der Waals surface area (Å²) in [6.45, 7) is 4.00. The summed E-state index contributed by atoms with van der Waals surface area (Å²) in [5.74, 6) is 0. The van der Waals surface area contributed by atoms with Crippen LogP contribution < -0.4 is 11.3 Å². The first-order valence-corrected chi connectivity index (χ1v) is 5.50. The zero-order chi connectivity index (χ0) is 12.4. The number of hydrogen-bond acceptors (Lipinski definition) is 3. The zero-order valence-corrected chi connectivity index (χ0v) is 9.97. The van der Waals surface area contributed by atoms with Crippen molar-refractivity contribution in [2.45, 2.75) is 20.4 Å². The molecule has 0 bridgehead atoms. The fourth-order valence-corrected chi connectivity index (χ4v) is 1.86. The van der Waals surface area contributed by atoms with E-state index in [1.54, 1.807) is 6.92 Å². The fraction of sp³-hybridized carbons (Fsp3) is 0.231. The van der Waals surface area contributed by atoms with Gasteiger partial charge in [-0.2, -0.15) is 9.78 Å². The van der Waals surface area contributed by atoms with Crippen LogP contribution in [0.5, 0.6) is 0 Å². The number of aryl methyl sites for hydroxylation is 1. The Bertz CT molecular complexity index is 588. The average molecular weight is 229 g/mol. The van der Waals surface area contributed by atoms with Crippen LogP contribution in [-0.4, -0.2) is 9.78 Å². The normalized spacial score (nSPS) is 10.5. The zero-order valence-electron chi connectivity index (χ0n) is 9.97. The lowest BCUT2D eigenvalue weighted by Crippen LogP contribution is -2.27. The van der Waals surface area contributed by atoms with E-state index < -0.39 is 0 Å². The number of hydrogen-bond donors (Lipinski definition) is 1. The van der Waals surface area contributed by atoms with Crippen LogP contribution in [0.15, 0.2) is 35.1 Å². The molecule has 0 unspecified atom stereocenters. The molecule has 0 saturated heterocycles. The maximum absolute atomic E-state index is 12.1. The summed E-state index contributed by atoms with van der Waals surface area (Å²) in [7, 11) is 0. The molecule has 4 nitrogen and oxygen atoms in total. The second kappa shape index (κ2) is 4.51. The van der Waals surface area contributed by atoms with E-state index in [0.717, 1.165) is 16.9 Å². The second-order valence-corrected chi connectivity index (χ2v) is 3.95. The Labute approximate surface area is 99.7 Å². The lowest BCUT2D eigenvalue weighted by Gasteiger charge is -2.11. The largest absolute Gasteiger partial charge is 0.326 e. The maximum Gasteiger partial charge on any atom is 0.274 e. The summed E-state index contributed by atoms with van der Waals surface area (Å²) >= 11 is 0. The van der Waals surface area contributed by atoms with Gasteiger partial charge in [-0.25, -0.2) is 0 Å². The molecule has 0 aliphatic heterocycles. The topological polar surface area (TPSA) is 60.9 Å². The van der Waals surface area contributed by atoms with E-state index in [1.165, 1.54) is 4.68 Å². The van der Waals surface area contributed by atoms with Gasteiger partial charge in [-0.15, -0.1) is 0 Å². The van der Waals surface area contributed by atoms with Crippen molar-refractivity contribution in [1.82, 2.24) is 9.78 Å². The molecule has 1 aromatic carbocycles. The number of aromatic nitrogens is 2. The van der Waals surface area contributed by atoms with Crippen molar-refractivity contribution in [3.63, 3.8) is 0 Å². The van der Waals surface area contributed by atoms with Gasteiger partial charge in [0, 0.05) is 12.1 Å². The van der Waals surface area contributed by atoms with E-state index in [0.29, 0.717) is 12.1 Å². The third-order valence-corrected chi connectivity index (χ3v) is 2.86. The second-order valence-electron chi connectivity index (χ2n) is 3.95. The van der Waals surface area contributed by atoms with Crippen molar-refractivity contribution in [2.75, 3.05) is 0 Å². The molecule has 0 aliphatic rings. The van der Waals surface area contributed by atoms with E-state index in [1.807, 2.05) is 37.3 Å². The van der Waals surface area contributed by atoms with Gasteiger partial charge in [0.1, 0.15) is 0 Å². The van der Waals surface area contributed by atoms with Gasteiger partial charge in [-0.3, -0.25) is 4.79 Å². The molecule has 2 N–H and O–H groups in total. The maximum atomic E-state index is 12.1. The molecule has 88 valence electrons. The predicted molar refractivity (Wildman–Crippen MR) is 67.2 cm³/mol. The summed E-state index contributed by atoms with van der Waals surface area (Å²) in [5.41, 5.74) is 8.59. The van der Waals surface area contributed by atoms with Crippen molar-refractivity contribution >= 4 is 0 Å². The highest BCUT2D eigenvalue weighted by molar-refractivity contribution is 5.34. The summed E-state index contributed by atoms with van der Waals surface area (Å²) in [5, 5.41) is 4.30. The summed E-state index contributed by atoms with van der Waals surface area (Å²) in [6.07, 6.45) is 0. The SMILES string of the molecule is Cc1nn(-c2ccccc2)c(=O)c(C)c1CN. The quantitative estimate of drug-likeness (QED) is 0.844. The van der Waals surface area contributed by atoms with Gasteiger partial charge in [0.25, 0.3) is 5.56 Å². The van der Waals surface area contributed by atoms with Gasteiger partial charge in [-0.1, -0.05) is 18.2 Å². The molecule has 2 rings (SSSR count). The van der Waals surface area contributed by atoms with Gasteiger partial charge < -0.3 is 5.73 Å². The standard InChI is InChI=1S/C13H15N3O/c1-9-12(8-14)10(2)15-16(13(9)17)11-6-4-3-5-7-11/h3-7H,8,14H2,1-2H3. The van der Waals surface area contributed by atoms with Crippen LogP contribution >= 0.6 is 0 Å². The Balaban J connectivity index is 2.70. The monoisotopic (exact) mass is 229 g/mol. The van der Waals surface area contributed by atoms with E-state index in [9.17, 15) is 4.79 Å². The predicted octanol–water partition coefficient (Wildman–Crippen LogP) is 1.31. The molecule has 1 aromatic heterocycles. The van der Waals surface area contributed by atoms with E-state index in [2.05, 4.69) is 5.10 Å². The van der Waals surface area contributed by atoms with E-state index in [4.69, 9.17) is 5.73 Å². The summed E-state index contributed by atoms with van der Waals surface area (Å²) in [4.78, 5) is 12.1. The van der Waals surface area contributed by atoms with E-state index >= 15 is 0 Å². The molecule has 0 fully saturated rings. The Hall–Kier alpha value is -1.94. The average Bonchev–Trinajstić information content (AvgIpc) is 2.35. The molecule has 0 saturated carbocycles. The van der Waals surface area contributed by atoms with Crippen molar-refractivity contribution < 1.29 is 0 Å². The van der Waals surface area contributed by atoms with Gasteiger partial charge in [0.05, 0.1) is 11.4 Å². The molecular weight excluding hydrogens is 214 g/mol. The van der Waals surface area contributed by atoms with Crippen LogP contribution in [0.4, 0.5) is 0 Å². The van der Waals surface area contributed by atoms with E-state index in [-0.39, 0.29) is 5.56 Å². The van der Waals surface area contributed by atoms with Crippen LogP contribution in [0.1, 0.15) is 16.8 Å². The Kier molecular flexibility index (Phi) is 3.06. The number of para-hydroxylation sites is 1. The number of rotatable bonds is 2. The van der Waals surface area contributed by atoms with Gasteiger partial charge in [0.2, 0.25) is 0 Å². The first-order chi connectivity index (χ1) is 8.15. The lowest BCUT2D eigenvalue weighted by atomic mass is 10.1. The minimum Gasteiger partial charge on any atom is -0.326 e. The Morgan fingerprint density at radius 3 is 2.47 bits per heavy atom. The molecule has 17 heavy (non-hydrogen) atoms. The van der Waals surface area contributed by atoms with Crippen molar-refractivity contribution in [1.29, 1.82) is 0 Å². The number of nitrogens with zero attached hydrogens (tertiary/aromatic N) is 2. The molecule has 0 amide bonds. The minimum atomic E-state index is -0.109. The molecule has 2 aromatic rings. The van der Waals surface area contributed by atoms with Gasteiger partial charge in [0.15, 0.2) is 0 Å². The Morgan fingerprint density at radius 1 is 1.24 bits per heavy atom. The molecule has 0 atom stereocenters. The Morgan fingerprint density at radius 2 is 1.88 bits per heavy atom.